The van der Waals surface area contributed by atoms with Crippen molar-refractivity contribution in [3.8, 4) is 5.75 Å². The zero-order valence-electron chi connectivity index (χ0n) is 27.2. The number of nitrogens with zero attached hydrogens (tertiary/aromatic N) is 4. The van der Waals surface area contributed by atoms with E-state index < -0.39 is 0 Å². The number of benzene rings is 3. The zero-order chi connectivity index (χ0) is 30.8. The minimum absolute atomic E-state index is 0.459. The lowest BCUT2D eigenvalue weighted by Gasteiger charge is -2.33. The fourth-order valence-corrected chi connectivity index (χ4v) is 7.57. The molecular formula is C39H51ClN4O. The van der Waals surface area contributed by atoms with Gasteiger partial charge in [-0.3, -0.25) is 0 Å². The monoisotopic (exact) mass is 626 g/mol. The van der Waals surface area contributed by atoms with Crippen molar-refractivity contribution in [3.05, 3.63) is 94.8 Å². The molecule has 0 atom stereocenters. The number of piperidine rings is 2. The molecule has 0 amide bonds. The van der Waals surface area contributed by atoms with Crippen LogP contribution >= 0.6 is 11.6 Å². The molecule has 3 aromatic carbocycles. The molecule has 1 aromatic heterocycles. The van der Waals surface area contributed by atoms with Crippen LogP contribution in [-0.2, 0) is 19.6 Å². The van der Waals surface area contributed by atoms with Gasteiger partial charge >= 0.3 is 0 Å². The fourth-order valence-electron chi connectivity index (χ4n) is 7.44. The summed E-state index contributed by atoms with van der Waals surface area (Å²) in [4.78, 5) is 10.4. The number of imidazole rings is 1. The molecule has 4 aromatic rings. The second-order valence-electron chi connectivity index (χ2n) is 13.5. The van der Waals surface area contributed by atoms with Crippen molar-refractivity contribution in [1.29, 1.82) is 0 Å². The van der Waals surface area contributed by atoms with Gasteiger partial charge in [-0.2, -0.15) is 0 Å². The number of aromatic nitrogens is 2. The van der Waals surface area contributed by atoms with E-state index in [0.29, 0.717) is 6.61 Å². The predicted molar refractivity (Wildman–Crippen MR) is 187 cm³/mol. The molecule has 0 saturated carbocycles. The Kier molecular flexibility index (Phi) is 11.5. The Morgan fingerprint density at radius 2 is 1.40 bits per heavy atom. The normalized spacial score (nSPS) is 17.3. The Hall–Kier alpha value is -2.86. The molecule has 0 spiro atoms. The Morgan fingerprint density at radius 1 is 0.733 bits per heavy atom. The summed E-state index contributed by atoms with van der Waals surface area (Å²) in [5.41, 5.74) is 5.03. The van der Waals surface area contributed by atoms with Gasteiger partial charge in [-0.15, -0.1) is 0 Å². The molecule has 2 aliphatic rings. The molecular weight excluding hydrogens is 576 g/mol. The Balaban J connectivity index is 0.880. The van der Waals surface area contributed by atoms with Crippen LogP contribution in [0, 0.1) is 18.8 Å². The van der Waals surface area contributed by atoms with Gasteiger partial charge in [0, 0.05) is 11.6 Å². The highest BCUT2D eigenvalue weighted by Gasteiger charge is 2.21. The van der Waals surface area contributed by atoms with Gasteiger partial charge in [-0.05, 0) is 157 Å². The molecule has 0 radical (unpaired) electrons. The quantitative estimate of drug-likeness (QED) is 0.131. The first kappa shape index (κ1) is 32.1. The largest absolute Gasteiger partial charge is 0.486 e. The molecule has 2 aliphatic heterocycles. The Bertz CT molecular complexity index is 1450. The maximum absolute atomic E-state index is 6.11. The number of rotatable bonds is 14. The van der Waals surface area contributed by atoms with Gasteiger partial charge in [-0.1, -0.05) is 54.1 Å². The SMILES string of the molecule is Cc1cccc2c1nc(COc1ccc(Cl)cc1)n2CCCC1CCN(CCCCN2CCC(Cc3ccccc3)CC2)CC1. The topological polar surface area (TPSA) is 33.5 Å². The second kappa shape index (κ2) is 16.1. The van der Waals surface area contributed by atoms with Crippen molar-refractivity contribution < 1.29 is 4.74 Å². The van der Waals surface area contributed by atoms with E-state index in [0.717, 1.165) is 40.5 Å². The van der Waals surface area contributed by atoms with Gasteiger partial charge in [-0.25, -0.2) is 4.98 Å². The van der Waals surface area contributed by atoms with Gasteiger partial charge in [0.15, 0.2) is 0 Å². The van der Waals surface area contributed by atoms with E-state index in [9.17, 15) is 0 Å². The van der Waals surface area contributed by atoms with E-state index in [-0.39, 0.29) is 0 Å². The third kappa shape index (κ3) is 9.12. The van der Waals surface area contributed by atoms with E-state index in [4.69, 9.17) is 21.3 Å². The maximum atomic E-state index is 6.11. The Morgan fingerprint density at radius 3 is 2.09 bits per heavy atom. The van der Waals surface area contributed by atoms with Crippen LogP contribution in [0.1, 0.15) is 68.3 Å². The summed E-state index contributed by atoms with van der Waals surface area (Å²) in [6, 6.07) is 25.1. The molecule has 240 valence electrons. The summed E-state index contributed by atoms with van der Waals surface area (Å²) in [5, 5.41) is 0.719. The third-order valence-corrected chi connectivity index (χ3v) is 10.5. The molecule has 2 fully saturated rings. The average molecular weight is 627 g/mol. The molecule has 6 rings (SSSR count). The van der Waals surface area contributed by atoms with Crippen molar-refractivity contribution in [3.63, 3.8) is 0 Å². The number of fused-ring (bicyclic) bond motifs is 1. The number of halogens is 1. The van der Waals surface area contributed by atoms with Gasteiger partial charge < -0.3 is 19.1 Å². The van der Waals surface area contributed by atoms with Gasteiger partial charge in [0.05, 0.1) is 11.0 Å². The standard InChI is InChI=1S/C39H51ClN4O/c1-31-9-7-13-37-39(31)41-38(30-45-36-16-14-35(40)15-17-36)44(37)24-8-12-32-18-25-42(26-19-32)22-5-6-23-43-27-20-34(21-28-43)29-33-10-3-2-4-11-33/h2-4,7,9-11,13-17,32,34H,5-6,8,12,18-30H2,1H3. The highest BCUT2D eigenvalue weighted by atomic mass is 35.5. The number of aryl methyl sites for hydroxylation is 2. The summed E-state index contributed by atoms with van der Waals surface area (Å²) in [7, 11) is 0. The lowest BCUT2D eigenvalue weighted by Crippen LogP contribution is -2.36. The smallest absolute Gasteiger partial charge is 0.148 e. The molecule has 5 nitrogen and oxygen atoms in total. The van der Waals surface area contributed by atoms with Crippen LogP contribution in [0.5, 0.6) is 5.75 Å². The summed E-state index contributed by atoms with van der Waals surface area (Å²) in [5.74, 6) is 3.52. The van der Waals surface area contributed by atoms with E-state index in [2.05, 4.69) is 69.8 Å². The molecule has 0 unspecified atom stereocenters. The fraction of sp³-hybridized carbons (Fsp3) is 0.513. The van der Waals surface area contributed by atoms with Crippen LogP contribution in [0.2, 0.25) is 5.02 Å². The summed E-state index contributed by atoms with van der Waals surface area (Å²) >= 11 is 6.05. The zero-order valence-corrected chi connectivity index (χ0v) is 27.9. The highest BCUT2D eigenvalue weighted by molar-refractivity contribution is 6.30. The van der Waals surface area contributed by atoms with Crippen molar-refractivity contribution in [2.45, 2.75) is 77.9 Å². The lowest BCUT2D eigenvalue weighted by atomic mass is 9.90. The lowest BCUT2D eigenvalue weighted by molar-refractivity contribution is 0.160. The first-order chi connectivity index (χ1) is 22.1. The average Bonchev–Trinajstić information content (AvgIpc) is 3.43. The first-order valence-corrected chi connectivity index (χ1v) is 17.8. The maximum Gasteiger partial charge on any atom is 0.148 e. The molecule has 0 aliphatic carbocycles. The molecule has 6 heteroatoms. The van der Waals surface area contributed by atoms with Crippen LogP contribution in [0.3, 0.4) is 0 Å². The van der Waals surface area contributed by atoms with E-state index in [1.165, 1.54) is 114 Å². The number of hydrogen-bond donors (Lipinski definition) is 0. The van der Waals surface area contributed by atoms with Crippen molar-refractivity contribution in [2.24, 2.45) is 11.8 Å². The molecule has 0 bridgehead atoms. The molecule has 0 N–H and O–H groups in total. The van der Waals surface area contributed by atoms with E-state index in [1.54, 1.807) is 0 Å². The Labute approximate surface area is 275 Å². The summed E-state index contributed by atoms with van der Waals surface area (Å²) in [6.45, 7) is 11.3. The number of hydrogen-bond acceptors (Lipinski definition) is 4. The minimum Gasteiger partial charge on any atom is -0.486 e. The van der Waals surface area contributed by atoms with Crippen molar-refractivity contribution >= 4 is 22.6 Å². The van der Waals surface area contributed by atoms with Gasteiger partial charge in [0.1, 0.15) is 18.2 Å². The van der Waals surface area contributed by atoms with Crippen LogP contribution in [-0.4, -0.2) is 58.6 Å². The summed E-state index contributed by atoms with van der Waals surface area (Å²) in [6.07, 6.45) is 11.8. The van der Waals surface area contributed by atoms with Crippen LogP contribution in [0.4, 0.5) is 0 Å². The number of likely N-dealkylation sites (tertiary alicyclic amines) is 2. The summed E-state index contributed by atoms with van der Waals surface area (Å²) < 4.78 is 8.50. The predicted octanol–water partition coefficient (Wildman–Crippen LogP) is 8.80. The van der Waals surface area contributed by atoms with Gasteiger partial charge in [0.2, 0.25) is 0 Å². The van der Waals surface area contributed by atoms with Crippen molar-refractivity contribution in [1.82, 2.24) is 19.4 Å². The van der Waals surface area contributed by atoms with Crippen LogP contribution < -0.4 is 4.74 Å². The molecule has 2 saturated heterocycles. The van der Waals surface area contributed by atoms with Gasteiger partial charge in [0.25, 0.3) is 0 Å². The number of ether oxygens (including phenoxy) is 1. The first-order valence-electron chi connectivity index (χ1n) is 17.4. The number of unbranched alkanes of at least 4 members (excludes halogenated alkanes) is 1. The van der Waals surface area contributed by atoms with Crippen molar-refractivity contribution in [2.75, 3.05) is 39.3 Å². The van der Waals surface area contributed by atoms with E-state index in [1.807, 2.05) is 24.3 Å². The minimum atomic E-state index is 0.459. The highest BCUT2D eigenvalue weighted by Crippen LogP contribution is 2.26. The van der Waals surface area contributed by atoms with E-state index >= 15 is 0 Å². The number of para-hydroxylation sites is 1. The third-order valence-electron chi connectivity index (χ3n) is 10.2. The van der Waals surface area contributed by atoms with Crippen LogP contribution in [0.25, 0.3) is 11.0 Å². The molecule has 3 heterocycles. The molecule has 45 heavy (non-hydrogen) atoms. The second-order valence-corrected chi connectivity index (χ2v) is 13.9. The van der Waals surface area contributed by atoms with Crippen LogP contribution in [0.15, 0.2) is 72.8 Å².